The third kappa shape index (κ3) is 8.99. The van der Waals surface area contributed by atoms with E-state index in [4.69, 9.17) is 9.47 Å². The number of nitrogens with one attached hydrogen (secondary N) is 3. The molecule has 3 aromatic rings. The molecule has 0 spiro atoms. The van der Waals surface area contributed by atoms with E-state index >= 15 is 0 Å². The molecule has 0 unspecified atom stereocenters. The molecule has 0 bridgehead atoms. The second kappa shape index (κ2) is 16.8. The van der Waals surface area contributed by atoms with Crippen molar-refractivity contribution in [1.82, 2.24) is 25.5 Å². The van der Waals surface area contributed by atoms with Crippen molar-refractivity contribution in [2.45, 2.75) is 108 Å². The number of carbonyl (C=O) groups excluding carboxylic acids is 5. The molecule has 0 aromatic heterocycles. The summed E-state index contributed by atoms with van der Waals surface area (Å²) in [6, 6.07) is 23.0. The van der Waals surface area contributed by atoms with Crippen LogP contribution in [0.1, 0.15) is 76.8 Å². The van der Waals surface area contributed by atoms with Crippen molar-refractivity contribution < 1.29 is 38.0 Å². The summed E-state index contributed by atoms with van der Waals surface area (Å²) in [5, 5.41) is 9.50. The molecule has 58 heavy (non-hydrogen) atoms. The predicted octanol–water partition coefficient (Wildman–Crippen LogP) is 5.44. The Morgan fingerprint density at radius 3 is 2.10 bits per heavy atom. The molecule has 5 atom stereocenters. The van der Waals surface area contributed by atoms with Gasteiger partial charge in [0.1, 0.15) is 29.3 Å². The van der Waals surface area contributed by atoms with Crippen molar-refractivity contribution in [1.29, 1.82) is 0 Å². The molecule has 306 valence electrons. The van der Waals surface area contributed by atoms with Gasteiger partial charge in [-0.15, -0.1) is 0 Å². The molecule has 3 N–H and O–H groups in total. The smallest absolute Gasteiger partial charge is 0.410 e. The number of alkyl carbamates (subject to hydrolysis) is 1. The fourth-order valence-corrected chi connectivity index (χ4v) is 10.3. The first-order chi connectivity index (χ1) is 27.8. The van der Waals surface area contributed by atoms with Crippen molar-refractivity contribution >= 4 is 47.8 Å². The lowest BCUT2D eigenvalue weighted by Crippen LogP contribution is -2.58. The highest BCUT2D eigenvalue weighted by atomic mass is 31.2. The summed E-state index contributed by atoms with van der Waals surface area (Å²) in [5.74, 6) is -2.15. The lowest BCUT2D eigenvalue weighted by Gasteiger charge is -2.31. The molecule has 5 amide bonds. The average Bonchev–Trinajstić information content (AvgIpc) is 3.49. The number of rotatable bonds is 6. The fourth-order valence-electron chi connectivity index (χ4n) is 8.09. The number of carbonyl (C=O) groups is 5. The van der Waals surface area contributed by atoms with Crippen LogP contribution in [-0.4, -0.2) is 75.6 Å². The van der Waals surface area contributed by atoms with Gasteiger partial charge in [0.05, 0.1) is 6.54 Å². The second-order valence-electron chi connectivity index (χ2n) is 16.6. The maximum atomic E-state index is 15.0. The van der Waals surface area contributed by atoms with Gasteiger partial charge >= 0.3 is 12.2 Å². The zero-order valence-electron chi connectivity index (χ0n) is 33.2. The van der Waals surface area contributed by atoms with E-state index in [2.05, 4.69) is 15.7 Å². The average molecular weight is 810 g/mol. The van der Waals surface area contributed by atoms with Crippen molar-refractivity contribution in [3.05, 3.63) is 108 Å². The first-order valence-corrected chi connectivity index (χ1v) is 21.8. The summed E-state index contributed by atoms with van der Waals surface area (Å²) in [4.78, 5) is 73.3. The minimum atomic E-state index is -3.74. The van der Waals surface area contributed by atoms with E-state index in [1.54, 1.807) is 86.3 Å². The fraction of sp³-hybridized carbons (Fsp3) is 0.432. The Hall–Kier alpha value is -5.42. The topological polar surface area (TPSA) is 163 Å². The standard InChI is InChI=1S/C44H52N5O8P/c1-43(2,3)57-41(53)45-36-24-14-6-4-5-9-19-32-26-44(32,40(52)47-58(55,34-20-10-7-11-21-34)35-22-12-8-13-23-35)46-38(50)37-25-33(29-49(37)39(36)51)56-42(54)48-27-30-17-15-16-18-31(30)28-48/h7-13,15-23,32-33,36-37H,4-6,14,24-29H2,1-3H3,(H,45,53)(H,46,50)(H,47,52,55)/b19-9-/t32-,33-,36+,37+,44-/m1/s1. The number of amides is 5. The molecule has 0 radical (unpaired) electrons. The van der Waals surface area contributed by atoms with Crippen LogP contribution < -0.4 is 26.3 Å². The number of benzene rings is 3. The highest BCUT2D eigenvalue weighted by Crippen LogP contribution is 2.49. The van der Waals surface area contributed by atoms with Gasteiger partial charge in [0.2, 0.25) is 19.1 Å². The Morgan fingerprint density at radius 1 is 0.862 bits per heavy atom. The molecule has 3 aliphatic heterocycles. The normalized spacial score (nSPS) is 25.4. The largest absolute Gasteiger partial charge is 0.444 e. The van der Waals surface area contributed by atoms with Gasteiger partial charge in [0.25, 0.3) is 5.91 Å². The zero-order valence-corrected chi connectivity index (χ0v) is 34.1. The Morgan fingerprint density at radius 2 is 1.48 bits per heavy atom. The van der Waals surface area contributed by atoms with Gasteiger partial charge in [-0.3, -0.25) is 28.9 Å². The molecule has 3 heterocycles. The van der Waals surface area contributed by atoms with Crippen molar-refractivity contribution in [3.8, 4) is 0 Å². The molecule has 14 heteroatoms. The van der Waals surface area contributed by atoms with Crippen LogP contribution in [0.25, 0.3) is 0 Å². The molecule has 1 saturated heterocycles. The first kappa shape index (κ1) is 40.8. The van der Waals surface area contributed by atoms with Crippen LogP contribution in [0.2, 0.25) is 0 Å². The third-order valence-electron chi connectivity index (χ3n) is 11.2. The SMILES string of the molecule is CC(C)(C)OC(=O)N[C@H]1CCCCC/C=C\[C@@H]2C[C@@]2(C(=O)NP(=O)(c2ccccc2)c2ccccc2)NC(=O)[C@@H]2C[C@@H](OC(=O)N3Cc4ccccc4C3)CN2C1=O. The summed E-state index contributed by atoms with van der Waals surface area (Å²) in [6.07, 6.45) is 5.13. The van der Waals surface area contributed by atoms with Gasteiger partial charge in [0.15, 0.2) is 0 Å². The van der Waals surface area contributed by atoms with E-state index in [1.165, 1.54) is 4.90 Å². The van der Waals surface area contributed by atoms with Crippen molar-refractivity contribution in [2.75, 3.05) is 6.54 Å². The molecule has 3 aromatic carbocycles. The van der Waals surface area contributed by atoms with Gasteiger partial charge in [-0.25, -0.2) is 9.59 Å². The van der Waals surface area contributed by atoms with Gasteiger partial charge in [-0.1, -0.05) is 85.7 Å². The van der Waals surface area contributed by atoms with Crippen LogP contribution >= 0.6 is 7.29 Å². The van der Waals surface area contributed by atoms with E-state index in [0.29, 0.717) is 43.0 Å². The van der Waals surface area contributed by atoms with Gasteiger partial charge in [-0.05, 0) is 81.8 Å². The van der Waals surface area contributed by atoms with Gasteiger partial charge < -0.3 is 25.0 Å². The van der Waals surface area contributed by atoms with Crippen LogP contribution in [0.4, 0.5) is 9.59 Å². The lowest BCUT2D eigenvalue weighted by atomic mass is 10.0. The van der Waals surface area contributed by atoms with Crippen LogP contribution in [0.15, 0.2) is 97.1 Å². The molecule has 1 saturated carbocycles. The van der Waals surface area contributed by atoms with E-state index < -0.39 is 72.4 Å². The third-order valence-corrected chi connectivity index (χ3v) is 13.8. The van der Waals surface area contributed by atoms with Crippen LogP contribution in [0.5, 0.6) is 0 Å². The Kier molecular flexibility index (Phi) is 11.8. The molecule has 2 fully saturated rings. The zero-order chi connectivity index (χ0) is 41.1. The lowest BCUT2D eigenvalue weighted by molar-refractivity contribution is -0.141. The van der Waals surface area contributed by atoms with Crippen LogP contribution in [0, 0.1) is 5.92 Å². The Labute approximate surface area is 339 Å². The van der Waals surface area contributed by atoms with Crippen molar-refractivity contribution in [3.63, 3.8) is 0 Å². The maximum absolute atomic E-state index is 15.0. The molecule has 7 rings (SSSR count). The molecular formula is C44H52N5O8P. The maximum Gasteiger partial charge on any atom is 0.410 e. The summed E-state index contributed by atoms with van der Waals surface area (Å²) < 4.78 is 26.5. The van der Waals surface area contributed by atoms with E-state index in [-0.39, 0.29) is 19.4 Å². The number of fused-ring (bicyclic) bond motifs is 3. The number of hydrogen-bond acceptors (Lipinski definition) is 8. The molecule has 4 aliphatic rings. The molecular weight excluding hydrogens is 757 g/mol. The van der Waals surface area contributed by atoms with Crippen LogP contribution in [0.3, 0.4) is 0 Å². The van der Waals surface area contributed by atoms with Crippen molar-refractivity contribution in [2.24, 2.45) is 5.92 Å². The first-order valence-electron chi connectivity index (χ1n) is 20.1. The van der Waals surface area contributed by atoms with Crippen LogP contribution in [-0.2, 0) is 41.5 Å². The molecule has 1 aliphatic carbocycles. The highest BCUT2D eigenvalue weighted by molar-refractivity contribution is 7.77. The summed E-state index contributed by atoms with van der Waals surface area (Å²) >= 11 is 0. The minimum Gasteiger partial charge on any atom is -0.444 e. The Balaban J connectivity index is 1.18. The summed E-state index contributed by atoms with van der Waals surface area (Å²) in [6.45, 7) is 5.83. The predicted molar refractivity (Wildman–Crippen MR) is 218 cm³/mol. The molecule has 13 nitrogen and oxygen atoms in total. The summed E-state index contributed by atoms with van der Waals surface area (Å²) in [7, 11) is -3.74. The second-order valence-corrected chi connectivity index (χ2v) is 19.1. The quantitative estimate of drug-likeness (QED) is 0.219. The van der Waals surface area contributed by atoms with E-state index in [1.807, 2.05) is 36.4 Å². The Bertz CT molecular complexity index is 2040. The summed E-state index contributed by atoms with van der Waals surface area (Å²) in [5.41, 5.74) is -0.245. The number of allylic oxidation sites excluding steroid dienone is 1. The number of ether oxygens (including phenoxy) is 2. The van der Waals surface area contributed by atoms with Gasteiger partial charge in [0, 0.05) is 36.0 Å². The van der Waals surface area contributed by atoms with Gasteiger partial charge in [-0.2, -0.15) is 0 Å². The minimum absolute atomic E-state index is 0.0337. The van der Waals surface area contributed by atoms with E-state index in [9.17, 15) is 28.5 Å². The number of nitrogens with zero attached hydrogens (tertiary/aromatic N) is 2. The highest BCUT2D eigenvalue weighted by Gasteiger charge is 2.62. The van der Waals surface area contributed by atoms with E-state index in [0.717, 1.165) is 24.0 Å². The number of hydrogen-bond donors (Lipinski definition) is 3. The monoisotopic (exact) mass is 809 g/mol.